The molecule has 0 aromatic carbocycles. The molecule has 138 valence electrons. The van der Waals surface area contributed by atoms with Crippen LogP contribution in [0.5, 0.6) is 0 Å². The Labute approximate surface area is 161 Å². The Morgan fingerprint density at radius 2 is 2.16 bits per heavy atom. The summed E-state index contributed by atoms with van der Waals surface area (Å²) >= 11 is 9.55. The molecule has 0 aliphatic carbocycles. The zero-order chi connectivity index (χ0) is 18.2. The van der Waals surface area contributed by atoms with Crippen LogP contribution in [0, 0.1) is 0 Å². The first kappa shape index (κ1) is 18.9. The van der Waals surface area contributed by atoms with Crippen LogP contribution in [-0.2, 0) is 9.47 Å². The molecule has 0 spiro atoms. The van der Waals surface area contributed by atoms with Crippen molar-refractivity contribution < 1.29 is 14.3 Å². The molecule has 1 amide bonds. The number of halogens is 2. The van der Waals surface area contributed by atoms with Crippen molar-refractivity contribution in [2.75, 3.05) is 32.8 Å². The van der Waals surface area contributed by atoms with Crippen molar-refractivity contribution in [2.24, 2.45) is 0 Å². The maximum absolute atomic E-state index is 12.6. The lowest BCUT2D eigenvalue weighted by Crippen LogP contribution is -2.60. The molecule has 8 heteroatoms. The number of carbonyl (C=O) groups is 1. The van der Waals surface area contributed by atoms with Gasteiger partial charge in [-0.3, -0.25) is 4.90 Å². The fourth-order valence-electron chi connectivity index (χ4n) is 3.33. The summed E-state index contributed by atoms with van der Waals surface area (Å²) < 4.78 is 11.9. The third kappa shape index (κ3) is 4.64. The number of amides is 1. The average molecular weight is 433 g/mol. The summed E-state index contributed by atoms with van der Waals surface area (Å²) in [5.74, 6) is 0. The Morgan fingerprint density at radius 3 is 2.84 bits per heavy atom. The molecule has 2 atom stereocenters. The van der Waals surface area contributed by atoms with Crippen LogP contribution in [-0.4, -0.2) is 65.4 Å². The second kappa shape index (κ2) is 7.39. The highest BCUT2D eigenvalue weighted by Crippen LogP contribution is 2.33. The Hall–Kier alpha value is -0.890. The monoisotopic (exact) mass is 431 g/mol. The number of pyridine rings is 1. The molecule has 0 saturated carbocycles. The van der Waals surface area contributed by atoms with E-state index in [1.807, 2.05) is 32.9 Å². The van der Waals surface area contributed by atoms with Gasteiger partial charge in [-0.05, 0) is 54.4 Å². The number of carbonyl (C=O) groups excluding carboxylic acids is 1. The topological polar surface area (TPSA) is 54.9 Å². The van der Waals surface area contributed by atoms with Gasteiger partial charge in [-0.1, -0.05) is 11.6 Å². The van der Waals surface area contributed by atoms with Crippen LogP contribution in [0.4, 0.5) is 4.79 Å². The maximum Gasteiger partial charge on any atom is 0.410 e. The van der Waals surface area contributed by atoms with Gasteiger partial charge in [0.15, 0.2) is 0 Å². The van der Waals surface area contributed by atoms with Gasteiger partial charge in [-0.25, -0.2) is 9.78 Å². The zero-order valence-corrected chi connectivity index (χ0v) is 17.0. The molecule has 2 fully saturated rings. The first-order valence-corrected chi connectivity index (χ1v) is 9.54. The molecular formula is C17H23BrClN3O3. The van der Waals surface area contributed by atoms with E-state index in [1.54, 1.807) is 4.90 Å². The van der Waals surface area contributed by atoms with Crippen LogP contribution in [0.15, 0.2) is 16.7 Å². The maximum atomic E-state index is 12.6. The highest BCUT2D eigenvalue weighted by Gasteiger charge is 2.40. The Bertz CT molecular complexity index is 632. The van der Waals surface area contributed by atoms with Crippen LogP contribution in [0.25, 0.3) is 0 Å². The van der Waals surface area contributed by atoms with Gasteiger partial charge >= 0.3 is 6.09 Å². The van der Waals surface area contributed by atoms with Gasteiger partial charge in [0.25, 0.3) is 0 Å². The minimum Gasteiger partial charge on any atom is -0.444 e. The molecule has 2 aliphatic heterocycles. The van der Waals surface area contributed by atoms with Gasteiger partial charge in [-0.15, -0.1) is 0 Å². The Balaban J connectivity index is 1.87. The summed E-state index contributed by atoms with van der Waals surface area (Å²) in [7, 11) is 0. The summed E-state index contributed by atoms with van der Waals surface area (Å²) in [6.45, 7) is 8.92. The number of morpholine rings is 1. The van der Waals surface area contributed by atoms with Crippen LogP contribution in [0.1, 0.15) is 32.4 Å². The van der Waals surface area contributed by atoms with Crippen molar-refractivity contribution in [3.8, 4) is 0 Å². The van der Waals surface area contributed by atoms with E-state index >= 15 is 0 Å². The van der Waals surface area contributed by atoms with Crippen molar-refractivity contribution in [3.05, 3.63) is 27.5 Å². The van der Waals surface area contributed by atoms with Crippen LogP contribution < -0.4 is 0 Å². The molecular weight excluding hydrogens is 410 g/mol. The minimum atomic E-state index is -0.518. The van der Waals surface area contributed by atoms with E-state index in [2.05, 4.69) is 25.8 Å². The quantitative estimate of drug-likeness (QED) is 0.636. The molecule has 0 bridgehead atoms. The molecule has 0 N–H and O–H groups in total. The minimum absolute atomic E-state index is 0.0342. The Morgan fingerprint density at radius 1 is 1.40 bits per heavy atom. The third-order valence-electron chi connectivity index (χ3n) is 4.32. The SMILES string of the molecule is CC(C)(C)OC(=O)N1C[C@@H]2COCCN2[C@H](c2cc(Cl)nc(Br)c2)C1. The van der Waals surface area contributed by atoms with Crippen molar-refractivity contribution in [3.63, 3.8) is 0 Å². The first-order chi connectivity index (χ1) is 11.7. The fourth-order valence-corrected chi connectivity index (χ4v) is 4.10. The van der Waals surface area contributed by atoms with E-state index in [0.29, 0.717) is 36.1 Å². The second-order valence-corrected chi connectivity index (χ2v) is 8.61. The predicted molar refractivity (Wildman–Crippen MR) is 98.8 cm³/mol. The van der Waals surface area contributed by atoms with Crippen molar-refractivity contribution in [1.82, 2.24) is 14.8 Å². The smallest absolute Gasteiger partial charge is 0.410 e. The molecule has 0 unspecified atom stereocenters. The van der Waals surface area contributed by atoms with Gasteiger partial charge < -0.3 is 14.4 Å². The lowest BCUT2D eigenvalue weighted by atomic mass is 9.99. The molecule has 3 rings (SSSR count). The van der Waals surface area contributed by atoms with Crippen molar-refractivity contribution >= 4 is 33.6 Å². The summed E-state index contributed by atoms with van der Waals surface area (Å²) in [5, 5.41) is 0.434. The van der Waals surface area contributed by atoms with Gasteiger partial charge in [0.05, 0.1) is 25.3 Å². The second-order valence-electron chi connectivity index (χ2n) is 7.41. The standard InChI is InChI=1S/C17H23BrClN3O3/c1-17(2,3)25-16(23)21-8-12-10-24-5-4-22(12)13(9-21)11-6-14(18)20-15(19)7-11/h6-7,12-13H,4-5,8-10H2,1-3H3/t12-,13+/m1/s1. The number of fused-ring (bicyclic) bond motifs is 1. The normalized spacial score (nSPS) is 24.8. The van der Waals surface area contributed by atoms with Gasteiger partial charge in [0.1, 0.15) is 15.4 Å². The number of piperazine rings is 1. The highest BCUT2D eigenvalue weighted by atomic mass is 79.9. The van der Waals surface area contributed by atoms with Crippen LogP contribution in [0.2, 0.25) is 5.15 Å². The predicted octanol–water partition coefficient (Wildman–Crippen LogP) is 3.49. The molecule has 2 saturated heterocycles. The lowest BCUT2D eigenvalue weighted by Gasteiger charge is -2.48. The lowest BCUT2D eigenvalue weighted by molar-refractivity contribution is -0.0759. The fraction of sp³-hybridized carbons (Fsp3) is 0.647. The Kier molecular flexibility index (Phi) is 5.58. The van der Waals surface area contributed by atoms with E-state index in [9.17, 15) is 4.79 Å². The van der Waals surface area contributed by atoms with E-state index in [4.69, 9.17) is 21.1 Å². The molecule has 25 heavy (non-hydrogen) atoms. The molecule has 1 aromatic rings. The van der Waals surface area contributed by atoms with Gasteiger partial charge in [0, 0.05) is 19.6 Å². The first-order valence-electron chi connectivity index (χ1n) is 8.37. The molecule has 6 nitrogen and oxygen atoms in total. The molecule has 0 radical (unpaired) electrons. The zero-order valence-electron chi connectivity index (χ0n) is 14.7. The molecule has 3 heterocycles. The number of hydrogen-bond acceptors (Lipinski definition) is 5. The number of aromatic nitrogens is 1. The number of hydrogen-bond donors (Lipinski definition) is 0. The van der Waals surface area contributed by atoms with E-state index < -0.39 is 5.60 Å². The van der Waals surface area contributed by atoms with Gasteiger partial charge in [0.2, 0.25) is 0 Å². The summed E-state index contributed by atoms with van der Waals surface area (Å²) in [5.41, 5.74) is 0.516. The largest absolute Gasteiger partial charge is 0.444 e. The average Bonchev–Trinajstić information content (AvgIpc) is 2.51. The van der Waals surface area contributed by atoms with Crippen LogP contribution >= 0.6 is 27.5 Å². The summed E-state index contributed by atoms with van der Waals surface area (Å²) in [6.07, 6.45) is -0.290. The van der Waals surface area contributed by atoms with Crippen molar-refractivity contribution in [1.29, 1.82) is 0 Å². The van der Waals surface area contributed by atoms with Gasteiger partial charge in [-0.2, -0.15) is 0 Å². The molecule has 1 aromatic heterocycles. The summed E-state index contributed by atoms with van der Waals surface area (Å²) in [6, 6.07) is 4.00. The molecule has 2 aliphatic rings. The number of nitrogens with zero attached hydrogens (tertiary/aromatic N) is 3. The van der Waals surface area contributed by atoms with E-state index in [1.165, 1.54) is 0 Å². The van der Waals surface area contributed by atoms with E-state index in [-0.39, 0.29) is 18.2 Å². The third-order valence-corrected chi connectivity index (χ3v) is 4.92. The number of rotatable bonds is 1. The van der Waals surface area contributed by atoms with E-state index in [0.717, 1.165) is 12.1 Å². The highest BCUT2D eigenvalue weighted by molar-refractivity contribution is 9.10. The number of ether oxygens (including phenoxy) is 2. The van der Waals surface area contributed by atoms with Crippen LogP contribution in [0.3, 0.4) is 0 Å². The van der Waals surface area contributed by atoms with Crippen molar-refractivity contribution in [2.45, 2.75) is 38.5 Å². The summed E-state index contributed by atoms with van der Waals surface area (Å²) in [4.78, 5) is 20.9.